The lowest BCUT2D eigenvalue weighted by Crippen LogP contribution is -2.34. The number of hydrogen-bond donors (Lipinski definition) is 1. The highest BCUT2D eigenvalue weighted by Gasteiger charge is 2.26. The molecule has 1 fully saturated rings. The summed E-state index contributed by atoms with van der Waals surface area (Å²) in [5.41, 5.74) is 1.27. The van der Waals surface area contributed by atoms with Crippen molar-refractivity contribution >= 4 is 0 Å². The minimum Gasteiger partial charge on any atom is -0.493 e. The van der Waals surface area contributed by atoms with Gasteiger partial charge in [-0.1, -0.05) is 13.8 Å². The maximum Gasteiger partial charge on any atom is 0.160 e. The van der Waals surface area contributed by atoms with Crippen LogP contribution in [0.5, 0.6) is 5.75 Å². The lowest BCUT2D eigenvalue weighted by molar-refractivity contribution is 0.334. The molecule has 1 aromatic heterocycles. The third-order valence-corrected chi connectivity index (χ3v) is 3.46. The first-order valence-electron chi connectivity index (χ1n) is 6.56. The van der Waals surface area contributed by atoms with Gasteiger partial charge in [0.25, 0.3) is 0 Å². The van der Waals surface area contributed by atoms with Gasteiger partial charge >= 0.3 is 0 Å². The molecule has 96 valence electrons. The Morgan fingerprint density at radius 1 is 1.53 bits per heavy atom. The zero-order valence-corrected chi connectivity index (χ0v) is 11.1. The van der Waals surface area contributed by atoms with Crippen LogP contribution < -0.4 is 10.1 Å². The number of hydrogen-bond acceptors (Lipinski definition) is 3. The quantitative estimate of drug-likeness (QED) is 0.870. The number of ether oxygens (including phenoxy) is 1. The van der Waals surface area contributed by atoms with Crippen molar-refractivity contribution in [1.29, 1.82) is 0 Å². The molecule has 1 saturated heterocycles. The van der Waals surface area contributed by atoms with E-state index in [2.05, 4.69) is 28.9 Å². The van der Waals surface area contributed by atoms with Crippen molar-refractivity contribution in [3.63, 3.8) is 0 Å². The van der Waals surface area contributed by atoms with E-state index in [0.29, 0.717) is 5.92 Å². The van der Waals surface area contributed by atoms with Gasteiger partial charge in [-0.2, -0.15) is 5.10 Å². The minimum absolute atomic E-state index is 0.530. The smallest absolute Gasteiger partial charge is 0.160 e. The zero-order chi connectivity index (χ0) is 12.3. The molecule has 17 heavy (non-hydrogen) atoms. The summed E-state index contributed by atoms with van der Waals surface area (Å²) in [6.45, 7) is 7.62. The summed E-state index contributed by atoms with van der Waals surface area (Å²) in [5, 5.41) is 7.94. The molecule has 0 spiro atoms. The van der Waals surface area contributed by atoms with Crippen LogP contribution in [0.25, 0.3) is 0 Å². The fourth-order valence-corrected chi connectivity index (χ4v) is 2.70. The number of nitrogens with one attached hydrogen (secondary N) is 1. The van der Waals surface area contributed by atoms with Crippen molar-refractivity contribution in [2.45, 2.75) is 39.2 Å². The topological polar surface area (TPSA) is 39.1 Å². The molecule has 1 N–H and O–H groups in total. The highest BCUT2D eigenvalue weighted by molar-refractivity contribution is 5.29. The van der Waals surface area contributed by atoms with E-state index >= 15 is 0 Å². The lowest BCUT2D eigenvalue weighted by Gasteiger charge is -2.28. The van der Waals surface area contributed by atoms with E-state index in [-0.39, 0.29) is 0 Å². The first-order valence-corrected chi connectivity index (χ1v) is 6.56. The molecule has 0 aliphatic carbocycles. The highest BCUT2D eigenvalue weighted by atomic mass is 16.5. The lowest BCUT2D eigenvalue weighted by atomic mass is 9.89. The molecule has 2 atom stereocenters. The van der Waals surface area contributed by atoms with E-state index in [1.54, 1.807) is 7.11 Å². The van der Waals surface area contributed by atoms with E-state index in [1.165, 1.54) is 12.1 Å². The Balaban J connectivity index is 2.24. The van der Waals surface area contributed by atoms with Crippen LogP contribution in [-0.4, -0.2) is 30.0 Å². The molecule has 4 nitrogen and oxygen atoms in total. The third kappa shape index (κ3) is 2.63. The van der Waals surface area contributed by atoms with Gasteiger partial charge in [-0.15, -0.1) is 0 Å². The average molecular weight is 237 g/mol. The van der Waals surface area contributed by atoms with Gasteiger partial charge in [0, 0.05) is 19.0 Å². The summed E-state index contributed by atoms with van der Waals surface area (Å²) in [6.07, 6.45) is 4.18. The molecule has 2 unspecified atom stereocenters. The normalized spacial score (nSPS) is 24.9. The van der Waals surface area contributed by atoms with Crippen LogP contribution in [0.3, 0.4) is 0 Å². The van der Waals surface area contributed by atoms with E-state index in [0.717, 1.165) is 37.7 Å². The van der Waals surface area contributed by atoms with Gasteiger partial charge in [-0.05, 0) is 25.3 Å². The Morgan fingerprint density at radius 2 is 2.35 bits per heavy atom. The maximum atomic E-state index is 5.45. The van der Waals surface area contributed by atoms with E-state index < -0.39 is 0 Å². The number of aromatic nitrogens is 2. The van der Waals surface area contributed by atoms with Gasteiger partial charge in [0.1, 0.15) is 0 Å². The molecule has 4 heteroatoms. The van der Waals surface area contributed by atoms with Gasteiger partial charge < -0.3 is 10.1 Å². The maximum absolute atomic E-state index is 5.45. The fourth-order valence-electron chi connectivity index (χ4n) is 2.70. The first kappa shape index (κ1) is 12.4. The molecule has 0 saturated carbocycles. The monoisotopic (exact) mass is 237 g/mol. The zero-order valence-electron chi connectivity index (χ0n) is 11.1. The predicted octanol–water partition coefficient (Wildman–Crippen LogP) is 2.01. The number of aryl methyl sites for hydroxylation is 1. The summed E-state index contributed by atoms with van der Waals surface area (Å²) in [7, 11) is 1.73. The van der Waals surface area contributed by atoms with Crippen LogP contribution in [0.4, 0.5) is 0 Å². The van der Waals surface area contributed by atoms with Gasteiger partial charge in [0.15, 0.2) is 5.75 Å². The number of piperidine rings is 1. The van der Waals surface area contributed by atoms with E-state index in [1.807, 2.05) is 6.20 Å². The Labute approximate surface area is 103 Å². The molecule has 0 bridgehead atoms. The molecule has 1 aromatic rings. The van der Waals surface area contributed by atoms with Gasteiger partial charge in [0.05, 0.1) is 19.0 Å². The van der Waals surface area contributed by atoms with Crippen LogP contribution in [-0.2, 0) is 6.54 Å². The molecule has 1 aliphatic heterocycles. The van der Waals surface area contributed by atoms with Crippen LogP contribution in [0.1, 0.15) is 38.3 Å². The average Bonchev–Trinajstić information content (AvgIpc) is 2.72. The predicted molar refractivity (Wildman–Crippen MR) is 68.5 cm³/mol. The van der Waals surface area contributed by atoms with Crippen molar-refractivity contribution < 1.29 is 4.74 Å². The van der Waals surface area contributed by atoms with Crippen LogP contribution >= 0.6 is 0 Å². The van der Waals surface area contributed by atoms with E-state index in [4.69, 9.17) is 4.74 Å². The second kappa shape index (κ2) is 5.54. The molecule has 0 aromatic carbocycles. The number of rotatable bonds is 4. The van der Waals surface area contributed by atoms with E-state index in [9.17, 15) is 0 Å². The van der Waals surface area contributed by atoms with Crippen molar-refractivity contribution in [3.8, 4) is 5.75 Å². The first-order chi connectivity index (χ1) is 8.26. The number of nitrogens with zero attached hydrogens (tertiary/aromatic N) is 2. The summed E-state index contributed by atoms with van der Waals surface area (Å²) in [5.74, 6) is 2.20. The van der Waals surface area contributed by atoms with Crippen LogP contribution in [0.2, 0.25) is 0 Å². The van der Waals surface area contributed by atoms with Gasteiger partial charge in [0.2, 0.25) is 0 Å². The Kier molecular flexibility index (Phi) is 4.05. The summed E-state index contributed by atoms with van der Waals surface area (Å²) in [6, 6.07) is 0. The largest absolute Gasteiger partial charge is 0.493 e. The second-order valence-electron chi connectivity index (χ2n) is 5.02. The Morgan fingerprint density at radius 3 is 3.00 bits per heavy atom. The fraction of sp³-hybridized carbons (Fsp3) is 0.769. The molecule has 1 aliphatic rings. The van der Waals surface area contributed by atoms with Gasteiger partial charge in [-0.25, -0.2) is 0 Å². The number of methoxy groups -OCH3 is 1. The third-order valence-electron chi connectivity index (χ3n) is 3.46. The second-order valence-corrected chi connectivity index (χ2v) is 5.02. The van der Waals surface area contributed by atoms with Crippen LogP contribution in [0, 0.1) is 5.92 Å². The standard InChI is InChI=1S/C13H23N3O/c1-4-5-16-13(12(17-3)9-15-16)11-6-10(2)7-14-8-11/h9-11,14H,4-8H2,1-3H3. The van der Waals surface area contributed by atoms with Crippen molar-refractivity contribution in [2.75, 3.05) is 20.2 Å². The molecule has 0 radical (unpaired) electrons. The molecular formula is C13H23N3O. The SMILES string of the molecule is CCCn1ncc(OC)c1C1CNCC(C)C1. The van der Waals surface area contributed by atoms with Gasteiger partial charge in [-0.3, -0.25) is 4.68 Å². The highest BCUT2D eigenvalue weighted by Crippen LogP contribution is 2.32. The minimum atomic E-state index is 0.530. The summed E-state index contributed by atoms with van der Waals surface area (Å²) in [4.78, 5) is 0. The van der Waals surface area contributed by atoms with Crippen molar-refractivity contribution in [3.05, 3.63) is 11.9 Å². The van der Waals surface area contributed by atoms with Crippen molar-refractivity contribution in [1.82, 2.24) is 15.1 Å². The molecule has 2 rings (SSSR count). The van der Waals surface area contributed by atoms with Crippen molar-refractivity contribution in [2.24, 2.45) is 5.92 Å². The Hall–Kier alpha value is -1.03. The van der Waals surface area contributed by atoms with Crippen LogP contribution in [0.15, 0.2) is 6.20 Å². The summed E-state index contributed by atoms with van der Waals surface area (Å²) >= 11 is 0. The molecular weight excluding hydrogens is 214 g/mol. The summed E-state index contributed by atoms with van der Waals surface area (Å²) < 4.78 is 7.56. The molecule has 2 heterocycles. The Bertz CT molecular complexity index is 362. The molecule has 0 amide bonds.